The van der Waals surface area contributed by atoms with Gasteiger partial charge in [-0.1, -0.05) is 13.0 Å². The maximum absolute atomic E-state index is 12.8. The van der Waals surface area contributed by atoms with Crippen LogP contribution >= 0.6 is 11.8 Å². The molecule has 1 aromatic carbocycles. The smallest absolute Gasteiger partial charge is 0.266 e. The van der Waals surface area contributed by atoms with Gasteiger partial charge in [0.05, 0.1) is 4.91 Å². The number of aryl methyl sites for hydroxylation is 1. The van der Waals surface area contributed by atoms with Gasteiger partial charge in [-0.25, -0.2) is 5.84 Å². The molecule has 0 atom stereocenters. The molecule has 34 heavy (non-hydrogen) atoms. The molecule has 3 amide bonds. The number of nitrogens with one attached hydrogen (secondary N) is 2. The van der Waals surface area contributed by atoms with E-state index in [0.717, 1.165) is 22.6 Å². The summed E-state index contributed by atoms with van der Waals surface area (Å²) in [5.41, 5.74) is 5.36. The summed E-state index contributed by atoms with van der Waals surface area (Å²) in [5, 5.41) is 6.28. The highest BCUT2D eigenvalue weighted by atomic mass is 32.2. The number of aromatic nitrogens is 1. The number of amidine groups is 1. The van der Waals surface area contributed by atoms with Crippen LogP contribution in [0.5, 0.6) is 0 Å². The van der Waals surface area contributed by atoms with Gasteiger partial charge in [0.1, 0.15) is 0 Å². The van der Waals surface area contributed by atoms with E-state index < -0.39 is 5.91 Å². The van der Waals surface area contributed by atoms with Gasteiger partial charge in [-0.15, -0.1) is 11.8 Å². The Morgan fingerprint density at radius 3 is 2.47 bits per heavy atom. The minimum atomic E-state index is -0.413. The van der Waals surface area contributed by atoms with Gasteiger partial charge in [0.2, 0.25) is 12.3 Å². The first-order chi connectivity index (χ1) is 16.4. The summed E-state index contributed by atoms with van der Waals surface area (Å²) in [7, 11) is 0. The van der Waals surface area contributed by atoms with Crippen molar-refractivity contribution in [2.24, 2.45) is 16.8 Å². The zero-order chi connectivity index (χ0) is 24.9. The second kappa shape index (κ2) is 13.8. The molecule has 180 valence electrons. The van der Waals surface area contributed by atoms with Crippen molar-refractivity contribution in [2.45, 2.75) is 26.2 Å². The third-order valence-corrected chi connectivity index (χ3v) is 5.57. The average molecular weight is 484 g/mol. The Labute approximate surface area is 202 Å². The first-order valence-corrected chi connectivity index (χ1v) is 11.8. The van der Waals surface area contributed by atoms with Gasteiger partial charge < -0.3 is 16.6 Å². The number of hydrazine groups is 1. The highest BCUT2D eigenvalue weighted by Crippen LogP contribution is 2.19. The zero-order valence-corrected chi connectivity index (χ0v) is 20.0. The average Bonchev–Trinajstić information content (AvgIpc) is 2.87. The third kappa shape index (κ3) is 7.71. The van der Waals surface area contributed by atoms with Crippen molar-refractivity contribution in [3.8, 4) is 0 Å². The highest BCUT2D eigenvalue weighted by Gasteiger charge is 2.18. The standard InChI is InChI=1S/C23H29N7O3S/c1-3-18-9-6-16(14-26-18)13-20(34-2)23(33)30(15-31)12-4-5-21(32)27-19-10-7-17(8-11-19)22(28-24)29-25/h6-11,13-15H,3-5,12,24-25H2,1-2H3,(H,27,32)(H,28,29)/b20-13-. The summed E-state index contributed by atoms with van der Waals surface area (Å²) in [4.78, 5) is 42.4. The van der Waals surface area contributed by atoms with Crippen molar-refractivity contribution in [1.29, 1.82) is 0 Å². The molecule has 0 aliphatic heterocycles. The number of hydrogen-bond donors (Lipinski definition) is 4. The van der Waals surface area contributed by atoms with Crippen LogP contribution < -0.4 is 22.4 Å². The molecule has 0 radical (unpaired) electrons. The summed E-state index contributed by atoms with van der Waals surface area (Å²) in [5.74, 6) is 10.2. The Kier molecular flexibility index (Phi) is 10.7. The number of imide groups is 1. The fourth-order valence-corrected chi connectivity index (χ4v) is 3.52. The molecule has 0 spiro atoms. The van der Waals surface area contributed by atoms with Crippen LogP contribution in [-0.2, 0) is 20.8 Å². The van der Waals surface area contributed by atoms with Crippen molar-refractivity contribution in [1.82, 2.24) is 15.3 Å². The van der Waals surface area contributed by atoms with Gasteiger partial charge in [0.25, 0.3) is 5.91 Å². The second-order valence-corrected chi connectivity index (χ2v) is 7.95. The number of benzene rings is 1. The van der Waals surface area contributed by atoms with E-state index in [1.165, 1.54) is 11.8 Å². The van der Waals surface area contributed by atoms with Gasteiger partial charge in [-0.3, -0.25) is 24.3 Å². The van der Waals surface area contributed by atoms with E-state index in [0.29, 0.717) is 34.8 Å². The van der Waals surface area contributed by atoms with Crippen LogP contribution in [0.15, 0.2) is 52.6 Å². The van der Waals surface area contributed by atoms with Crippen molar-refractivity contribution in [2.75, 3.05) is 18.1 Å². The number of nitrogens with zero attached hydrogens (tertiary/aromatic N) is 3. The predicted molar refractivity (Wildman–Crippen MR) is 135 cm³/mol. The maximum Gasteiger partial charge on any atom is 0.266 e. The fourth-order valence-electron chi connectivity index (χ4n) is 2.97. The molecule has 10 nitrogen and oxygen atoms in total. The first-order valence-electron chi connectivity index (χ1n) is 10.6. The lowest BCUT2D eigenvalue weighted by Crippen LogP contribution is -2.32. The van der Waals surface area contributed by atoms with E-state index >= 15 is 0 Å². The summed E-state index contributed by atoms with van der Waals surface area (Å²) in [6.07, 6.45) is 6.94. The number of carbonyl (C=O) groups is 3. The Bertz CT molecular complexity index is 1040. The van der Waals surface area contributed by atoms with Gasteiger partial charge in [-0.05, 0) is 61.1 Å². The lowest BCUT2D eigenvalue weighted by molar-refractivity contribution is -0.135. The van der Waals surface area contributed by atoms with Crippen LogP contribution in [0.3, 0.4) is 0 Å². The SMILES string of the molecule is CCc1ccc(/C=C(\SC)C(=O)N(C=O)CCCC(=O)Nc2ccc(/C(=N/N)NN)cc2)cn1. The number of hydrogen-bond acceptors (Lipinski definition) is 8. The summed E-state index contributed by atoms with van der Waals surface area (Å²) in [6.45, 7) is 2.14. The minimum absolute atomic E-state index is 0.123. The Morgan fingerprint density at radius 1 is 1.21 bits per heavy atom. The van der Waals surface area contributed by atoms with Crippen molar-refractivity contribution in [3.63, 3.8) is 0 Å². The van der Waals surface area contributed by atoms with Crippen LogP contribution in [0.1, 0.15) is 36.6 Å². The van der Waals surface area contributed by atoms with E-state index in [2.05, 4.69) is 20.8 Å². The molecule has 0 aliphatic carbocycles. The molecule has 0 fully saturated rings. The molecule has 0 aliphatic rings. The van der Waals surface area contributed by atoms with E-state index in [4.69, 9.17) is 11.7 Å². The molecule has 0 unspecified atom stereocenters. The van der Waals surface area contributed by atoms with Crippen molar-refractivity contribution in [3.05, 3.63) is 64.3 Å². The lowest BCUT2D eigenvalue weighted by Gasteiger charge is -2.16. The summed E-state index contributed by atoms with van der Waals surface area (Å²) >= 11 is 1.25. The number of rotatable bonds is 11. The number of nitrogens with two attached hydrogens (primary N) is 2. The van der Waals surface area contributed by atoms with Crippen LogP contribution in [-0.4, -0.2) is 46.7 Å². The molecule has 2 rings (SSSR count). The molecule has 11 heteroatoms. The number of anilines is 1. The Hall–Kier alpha value is -3.70. The van der Waals surface area contributed by atoms with E-state index in [-0.39, 0.29) is 18.9 Å². The summed E-state index contributed by atoms with van der Waals surface area (Å²) in [6, 6.07) is 10.6. The Morgan fingerprint density at radius 2 is 1.94 bits per heavy atom. The number of thioether (sulfide) groups is 1. The Balaban J connectivity index is 1.91. The minimum Gasteiger partial charge on any atom is -0.326 e. The normalized spacial score (nSPS) is 11.6. The molecule has 6 N–H and O–H groups in total. The van der Waals surface area contributed by atoms with Crippen molar-refractivity contribution >= 4 is 47.6 Å². The lowest BCUT2D eigenvalue weighted by atomic mass is 10.2. The molecule has 0 saturated heterocycles. The monoisotopic (exact) mass is 483 g/mol. The van der Waals surface area contributed by atoms with E-state index in [1.54, 1.807) is 42.8 Å². The van der Waals surface area contributed by atoms with Crippen molar-refractivity contribution < 1.29 is 14.4 Å². The number of carbonyl (C=O) groups excluding carboxylic acids is 3. The van der Waals surface area contributed by atoms with Gasteiger partial charge in [-0.2, -0.15) is 5.10 Å². The number of pyridine rings is 1. The van der Waals surface area contributed by atoms with E-state index in [1.807, 2.05) is 19.1 Å². The quantitative estimate of drug-likeness (QED) is 0.0942. The number of hydrazone groups is 1. The zero-order valence-electron chi connectivity index (χ0n) is 19.2. The largest absolute Gasteiger partial charge is 0.326 e. The van der Waals surface area contributed by atoms with Crippen LogP contribution in [0, 0.1) is 0 Å². The van der Waals surface area contributed by atoms with Crippen LogP contribution in [0.4, 0.5) is 5.69 Å². The summed E-state index contributed by atoms with van der Waals surface area (Å²) < 4.78 is 0. The highest BCUT2D eigenvalue weighted by molar-refractivity contribution is 8.03. The van der Waals surface area contributed by atoms with E-state index in [9.17, 15) is 14.4 Å². The van der Waals surface area contributed by atoms with Gasteiger partial charge >= 0.3 is 0 Å². The van der Waals surface area contributed by atoms with Crippen LogP contribution in [0.25, 0.3) is 6.08 Å². The molecule has 0 bridgehead atoms. The van der Waals surface area contributed by atoms with Gasteiger partial charge in [0.15, 0.2) is 5.84 Å². The molecular weight excluding hydrogens is 454 g/mol. The number of amides is 3. The molecular formula is C23H29N7O3S. The molecule has 0 saturated carbocycles. The fraction of sp³-hybridized carbons (Fsp3) is 0.261. The van der Waals surface area contributed by atoms with Crippen LogP contribution in [0.2, 0.25) is 0 Å². The molecule has 1 aromatic heterocycles. The molecule has 1 heterocycles. The first kappa shape index (κ1) is 26.6. The predicted octanol–water partition coefficient (Wildman–Crippen LogP) is 1.84. The third-order valence-electron chi connectivity index (χ3n) is 4.84. The van der Waals surface area contributed by atoms with Gasteiger partial charge in [0, 0.05) is 36.1 Å². The topological polar surface area (TPSA) is 156 Å². The second-order valence-electron chi connectivity index (χ2n) is 7.10. The molecule has 2 aromatic rings. The maximum atomic E-state index is 12.8.